The van der Waals surface area contributed by atoms with Crippen molar-refractivity contribution in [3.8, 4) is 0 Å². The van der Waals surface area contributed by atoms with Crippen LogP contribution in [0.3, 0.4) is 0 Å². The summed E-state index contributed by atoms with van der Waals surface area (Å²) in [6, 6.07) is 0.405. The van der Waals surface area contributed by atoms with E-state index in [-0.39, 0.29) is 11.3 Å². The summed E-state index contributed by atoms with van der Waals surface area (Å²) in [6.45, 7) is 10.4. The molecule has 1 aromatic rings. The second-order valence-corrected chi connectivity index (χ2v) is 5.82. The van der Waals surface area contributed by atoms with Crippen LogP contribution < -0.4 is 0 Å². The van der Waals surface area contributed by atoms with Gasteiger partial charge in [-0.3, -0.25) is 14.4 Å². The van der Waals surface area contributed by atoms with Crippen LogP contribution in [0.15, 0.2) is 12.4 Å². The Balaban J connectivity index is 2.07. The molecule has 0 spiro atoms. The summed E-state index contributed by atoms with van der Waals surface area (Å²) in [6.07, 6.45) is 4.65. The number of rotatable bonds is 2. The number of ketones is 1. The Labute approximate surface area is 103 Å². The molecule has 4 nitrogen and oxygen atoms in total. The number of likely N-dealkylation sites (tertiary alicyclic amines) is 1. The number of Topliss-reactive ketones (excluding diaryl/α,β-unsaturated/α-hetero) is 1. The molecule has 1 fully saturated rings. The van der Waals surface area contributed by atoms with Crippen LogP contribution in [0.4, 0.5) is 0 Å². The van der Waals surface area contributed by atoms with E-state index in [0.29, 0.717) is 11.6 Å². The molecule has 0 aromatic carbocycles. The molecule has 1 atom stereocenters. The first-order valence-corrected chi connectivity index (χ1v) is 6.18. The maximum atomic E-state index is 11.2. The molecule has 0 bridgehead atoms. The summed E-state index contributed by atoms with van der Waals surface area (Å²) in [5.74, 6) is 0.0851. The van der Waals surface area contributed by atoms with Crippen LogP contribution in [-0.2, 0) is 0 Å². The molecule has 94 valence electrons. The number of carbonyl (C=O) groups is 1. The molecular weight excluding hydrogens is 214 g/mol. The molecule has 4 heteroatoms. The largest absolute Gasteiger partial charge is 0.296 e. The third-order valence-corrected chi connectivity index (χ3v) is 3.49. The average molecular weight is 235 g/mol. The average Bonchev–Trinajstić information content (AvgIpc) is 2.85. The predicted molar refractivity (Wildman–Crippen MR) is 67.2 cm³/mol. The summed E-state index contributed by atoms with van der Waals surface area (Å²) in [7, 11) is 0. The molecule has 2 heterocycles. The molecule has 1 unspecified atom stereocenters. The maximum Gasteiger partial charge on any atom is 0.162 e. The number of hydrogen-bond acceptors (Lipinski definition) is 3. The summed E-state index contributed by atoms with van der Waals surface area (Å²) >= 11 is 0. The summed E-state index contributed by atoms with van der Waals surface area (Å²) < 4.78 is 1.95. The third kappa shape index (κ3) is 2.57. The molecule has 1 aliphatic heterocycles. The second-order valence-electron chi connectivity index (χ2n) is 5.82. The van der Waals surface area contributed by atoms with Gasteiger partial charge in [0.05, 0.1) is 17.8 Å². The van der Waals surface area contributed by atoms with Gasteiger partial charge in [0.15, 0.2) is 5.78 Å². The smallest absolute Gasteiger partial charge is 0.162 e. The molecule has 1 saturated heterocycles. The highest BCUT2D eigenvalue weighted by Gasteiger charge is 2.31. The monoisotopic (exact) mass is 235 g/mol. The van der Waals surface area contributed by atoms with Crippen LogP contribution in [0.5, 0.6) is 0 Å². The number of aromatic nitrogens is 2. The van der Waals surface area contributed by atoms with Crippen LogP contribution in [0.1, 0.15) is 50.5 Å². The van der Waals surface area contributed by atoms with Crippen molar-refractivity contribution in [2.75, 3.05) is 13.1 Å². The first-order valence-electron chi connectivity index (χ1n) is 6.18. The molecule has 0 amide bonds. The Hall–Kier alpha value is -1.16. The van der Waals surface area contributed by atoms with Gasteiger partial charge in [0.25, 0.3) is 0 Å². The highest BCUT2D eigenvalue weighted by molar-refractivity contribution is 5.93. The van der Waals surface area contributed by atoms with Gasteiger partial charge >= 0.3 is 0 Å². The van der Waals surface area contributed by atoms with Crippen LogP contribution >= 0.6 is 0 Å². The van der Waals surface area contributed by atoms with E-state index in [9.17, 15) is 4.79 Å². The van der Waals surface area contributed by atoms with Crippen molar-refractivity contribution in [1.82, 2.24) is 14.7 Å². The maximum absolute atomic E-state index is 11.2. The Morgan fingerprint density at radius 1 is 1.47 bits per heavy atom. The van der Waals surface area contributed by atoms with Crippen molar-refractivity contribution in [1.29, 1.82) is 0 Å². The van der Waals surface area contributed by atoms with Crippen LogP contribution in [0, 0.1) is 0 Å². The fraction of sp³-hybridized carbons (Fsp3) is 0.692. The molecule has 2 rings (SSSR count). The second kappa shape index (κ2) is 4.26. The Bertz CT molecular complexity index is 417. The van der Waals surface area contributed by atoms with Gasteiger partial charge in [0, 0.05) is 24.8 Å². The number of carbonyl (C=O) groups excluding carboxylic acids is 1. The molecular formula is C13H21N3O. The fourth-order valence-electron chi connectivity index (χ4n) is 2.29. The van der Waals surface area contributed by atoms with Crippen molar-refractivity contribution >= 4 is 5.78 Å². The number of nitrogens with zero attached hydrogens (tertiary/aromatic N) is 3. The lowest BCUT2D eigenvalue weighted by atomic mass is 10.1. The lowest BCUT2D eigenvalue weighted by Gasteiger charge is -2.31. The minimum Gasteiger partial charge on any atom is -0.296 e. The molecule has 17 heavy (non-hydrogen) atoms. The van der Waals surface area contributed by atoms with Crippen LogP contribution in [0.2, 0.25) is 0 Å². The molecule has 0 saturated carbocycles. The van der Waals surface area contributed by atoms with E-state index in [2.05, 4.69) is 30.8 Å². The first-order chi connectivity index (χ1) is 7.88. The molecule has 1 aliphatic rings. The van der Waals surface area contributed by atoms with E-state index in [4.69, 9.17) is 0 Å². The Morgan fingerprint density at radius 3 is 2.65 bits per heavy atom. The van der Waals surface area contributed by atoms with Gasteiger partial charge in [-0.1, -0.05) is 0 Å². The summed E-state index contributed by atoms with van der Waals surface area (Å²) in [4.78, 5) is 13.7. The summed E-state index contributed by atoms with van der Waals surface area (Å²) in [5, 5.41) is 4.31. The van der Waals surface area contributed by atoms with Gasteiger partial charge in [-0.15, -0.1) is 0 Å². The predicted octanol–water partition coefficient (Wildman–Crippen LogP) is 2.13. The Kier molecular flexibility index (Phi) is 3.08. The van der Waals surface area contributed by atoms with Crippen LogP contribution in [-0.4, -0.2) is 39.1 Å². The Morgan fingerprint density at radius 2 is 2.18 bits per heavy atom. The minimum atomic E-state index is 0.0851. The van der Waals surface area contributed by atoms with E-state index in [1.807, 2.05) is 10.9 Å². The zero-order chi connectivity index (χ0) is 12.6. The van der Waals surface area contributed by atoms with E-state index in [1.54, 1.807) is 13.1 Å². The topological polar surface area (TPSA) is 38.1 Å². The van der Waals surface area contributed by atoms with Gasteiger partial charge in [-0.25, -0.2) is 0 Å². The van der Waals surface area contributed by atoms with Crippen molar-refractivity contribution in [2.24, 2.45) is 0 Å². The van der Waals surface area contributed by atoms with Gasteiger partial charge in [-0.2, -0.15) is 5.10 Å². The van der Waals surface area contributed by atoms with E-state index in [1.165, 1.54) is 0 Å². The van der Waals surface area contributed by atoms with Gasteiger partial charge in [-0.05, 0) is 34.1 Å². The quantitative estimate of drug-likeness (QED) is 0.737. The third-order valence-electron chi connectivity index (χ3n) is 3.49. The highest BCUT2D eigenvalue weighted by Crippen LogP contribution is 2.27. The van der Waals surface area contributed by atoms with E-state index < -0.39 is 0 Å². The molecule has 0 radical (unpaired) electrons. The lowest BCUT2D eigenvalue weighted by molar-refractivity contribution is 0.101. The summed E-state index contributed by atoms with van der Waals surface area (Å²) in [5.41, 5.74) is 0.921. The number of hydrogen-bond donors (Lipinski definition) is 0. The zero-order valence-electron chi connectivity index (χ0n) is 11.1. The van der Waals surface area contributed by atoms with Crippen molar-refractivity contribution in [3.05, 3.63) is 18.0 Å². The van der Waals surface area contributed by atoms with Crippen molar-refractivity contribution in [3.63, 3.8) is 0 Å². The fourth-order valence-corrected chi connectivity index (χ4v) is 2.29. The van der Waals surface area contributed by atoms with Crippen molar-refractivity contribution < 1.29 is 4.79 Å². The molecule has 0 aliphatic carbocycles. The SMILES string of the molecule is CC(=O)c1cnn(C2CCN(C(C)(C)C)C2)c1. The van der Waals surface area contributed by atoms with E-state index >= 15 is 0 Å². The highest BCUT2D eigenvalue weighted by atomic mass is 16.1. The zero-order valence-corrected chi connectivity index (χ0v) is 11.1. The van der Waals surface area contributed by atoms with Gasteiger partial charge < -0.3 is 0 Å². The standard InChI is InChI=1S/C13H21N3O/c1-10(17)11-7-14-16(8-11)12-5-6-15(9-12)13(2,3)4/h7-8,12H,5-6,9H2,1-4H3. The van der Waals surface area contributed by atoms with Crippen LogP contribution in [0.25, 0.3) is 0 Å². The lowest BCUT2D eigenvalue weighted by Crippen LogP contribution is -2.39. The molecule has 0 N–H and O–H groups in total. The van der Waals surface area contributed by atoms with E-state index in [0.717, 1.165) is 19.5 Å². The first kappa shape index (κ1) is 12.3. The minimum absolute atomic E-state index is 0.0851. The van der Waals surface area contributed by atoms with Gasteiger partial charge in [0.1, 0.15) is 0 Å². The molecule has 1 aromatic heterocycles. The normalized spacial score (nSPS) is 22.0. The van der Waals surface area contributed by atoms with Crippen molar-refractivity contribution in [2.45, 2.75) is 45.7 Å². The van der Waals surface area contributed by atoms with Gasteiger partial charge in [0.2, 0.25) is 0 Å².